The zero-order valence-corrected chi connectivity index (χ0v) is 16.9. The van der Waals surface area contributed by atoms with Gasteiger partial charge < -0.3 is 4.74 Å². The van der Waals surface area contributed by atoms with Crippen LogP contribution in [-0.2, 0) is 19.6 Å². The maximum atomic E-state index is 5.98. The van der Waals surface area contributed by atoms with Crippen LogP contribution in [0.4, 0.5) is 0 Å². The molecule has 0 aromatic carbocycles. The molecule has 0 radical (unpaired) electrons. The van der Waals surface area contributed by atoms with Crippen molar-refractivity contribution < 1.29 is 4.74 Å². The monoisotopic (exact) mass is 391 g/mol. The summed E-state index contributed by atoms with van der Waals surface area (Å²) in [5.41, 5.74) is 5.87. The second kappa shape index (κ2) is 7.51. The first-order valence-electron chi connectivity index (χ1n) is 10.2. The second-order valence-corrected chi connectivity index (χ2v) is 7.94. The molecule has 8 heteroatoms. The molecule has 0 atom stereocenters. The Morgan fingerprint density at radius 3 is 2.79 bits per heavy atom. The molecule has 0 amide bonds. The van der Waals surface area contributed by atoms with Gasteiger partial charge in [0.25, 0.3) is 0 Å². The van der Waals surface area contributed by atoms with Crippen molar-refractivity contribution in [3.8, 4) is 11.6 Å². The van der Waals surface area contributed by atoms with Crippen LogP contribution in [0.3, 0.4) is 0 Å². The zero-order chi connectivity index (χ0) is 19.8. The Kier molecular flexibility index (Phi) is 4.71. The van der Waals surface area contributed by atoms with Crippen LogP contribution in [0, 0.1) is 13.8 Å². The second-order valence-electron chi connectivity index (χ2n) is 7.94. The van der Waals surface area contributed by atoms with Crippen LogP contribution in [0.2, 0.25) is 0 Å². The summed E-state index contributed by atoms with van der Waals surface area (Å²) in [4.78, 5) is 6.89. The van der Waals surface area contributed by atoms with Crippen molar-refractivity contribution in [2.24, 2.45) is 0 Å². The maximum absolute atomic E-state index is 5.98. The van der Waals surface area contributed by atoms with Gasteiger partial charge in [-0.2, -0.15) is 5.10 Å². The average Bonchev–Trinajstić information content (AvgIpc) is 3.06. The van der Waals surface area contributed by atoms with Crippen LogP contribution in [0.1, 0.15) is 47.6 Å². The van der Waals surface area contributed by atoms with E-state index in [-0.39, 0.29) is 0 Å². The summed E-state index contributed by atoms with van der Waals surface area (Å²) in [7, 11) is 0. The largest absolute Gasteiger partial charge is 0.470 e. The molecule has 1 fully saturated rings. The summed E-state index contributed by atoms with van der Waals surface area (Å²) in [5, 5.41) is 17.2. The quantitative estimate of drug-likeness (QED) is 0.661. The van der Waals surface area contributed by atoms with Crippen molar-refractivity contribution in [3.63, 3.8) is 0 Å². The third kappa shape index (κ3) is 3.60. The normalized spacial score (nSPS) is 17.0. The first-order chi connectivity index (χ1) is 14.2. The molecule has 1 aliphatic heterocycles. The van der Waals surface area contributed by atoms with Crippen LogP contribution in [0.15, 0.2) is 24.4 Å². The standard InChI is InChI=1S/C21H25N7O/c1-14-6-7-18(11-22-14)28-20(15(2)23-26-28)13-29-21-10-16-8-9-27(17-4-3-5-17)12-19(16)24-25-21/h6-7,10-11,17H,3-5,8-9,12-13H2,1-2H3. The number of hydrogen-bond donors (Lipinski definition) is 0. The molecule has 0 unspecified atom stereocenters. The minimum Gasteiger partial charge on any atom is -0.470 e. The zero-order valence-electron chi connectivity index (χ0n) is 16.9. The van der Waals surface area contributed by atoms with Gasteiger partial charge in [0.2, 0.25) is 5.88 Å². The number of hydrogen-bond acceptors (Lipinski definition) is 7. The molecular formula is C21H25N7O. The van der Waals surface area contributed by atoms with Crippen molar-refractivity contribution in [1.29, 1.82) is 0 Å². The van der Waals surface area contributed by atoms with Crippen LogP contribution >= 0.6 is 0 Å². The Balaban J connectivity index is 1.30. The number of nitrogens with zero attached hydrogens (tertiary/aromatic N) is 7. The van der Waals surface area contributed by atoms with E-state index in [1.54, 1.807) is 10.9 Å². The molecule has 1 saturated carbocycles. The third-order valence-electron chi connectivity index (χ3n) is 6.00. The van der Waals surface area contributed by atoms with E-state index in [0.717, 1.165) is 54.0 Å². The molecule has 3 aromatic heterocycles. The minimum absolute atomic E-state index is 0.328. The summed E-state index contributed by atoms with van der Waals surface area (Å²) in [6.45, 7) is 6.22. The molecule has 0 bridgehead atoms. The van der Waals surface area contributed by atoms with Crippen LogP contribution in [0.25, 0.3) is 5.69 Å². The molecular weight excluding hydrogens is 366 g/mol. The van der Waals surface area contributed by atoms with E-state index in [4.69, 9.17) is 4.74 Å². The molecule has 1 aliphatic carbocycles. The fourth-order valence-corrected chi connectivity index (χ4v) is 3.93. The van der Waals surface area contributed by atoms with Gasteiger partial charge in [0.15, 0.2) is 0 Å². The fourth-order valence-electron chi connectivity index (χ4n) is 3.93. The van der Waals surface area contributed by atoms with E-state index in [1.807, 2.05) is 32.0 Å². The van der Waals surface area contributed by atoms with Gasteiger partial charge >= 0.3 is 0 Å². The summed E-state index contributed by atoms with van der Waals surface area (Å²) >= 11 is 0. The summed E-state index contributed by atoms with van der Waals surface area (Å²) in [6, 6.07) is 6.72. The van der Waals surface area contributed by atoms with E-state index in [9.17, 15) is 0 Å². The first kappa shape index (κ1) is 18.2. The van der Waals surface area contributed by atoms with Gasteiger partial charge in [0, 0.05) is 30.9 Å². The van der Waals surface area contributed by atoms with Gasteiger partial charge in [-0.1, -0.05) is 11.6 Å². The predicted molar refractivity (Wildman–Crippen MR) is 107 cm³/mol. The lowest BCUT2D eigenvalue weighted by atomic mass is 9.89. The van der Waals surface area contributed by atoms with Crippen molar-refractivity contribution in [1.82, 2.24) is 35.1 Å². The smallest absolute Gasteiger partial charge is 0.234 e. The number of pyridine rings is 1. The summed E-state index contributed by atoms with van der Waals surface area (Å²) in [6.07, 6.45) is 6.80. The summed E-state index contributed by atoms with van der Waals surface area (Å²) < 4.78 is 7.75. The maximum Gasteiger partial charge on any atom is 0.234 e. The lowest BCUT2D eigenvalue weighted by molar-refractivity contribution is 0.110. The molecule has 0 saturated heterocycles. The molecule has 150 valence electrons. The Morgan fingerprint density at radius 1 is 1.14 bits per heavy atom. The van der Waals surface area contributed by atoms with E-state index in [0.29, 0.717) is 12.5 Å². The number of rotatable bonds is 5. The number of ether oxygens (including phenoxy) is 1. The highest BCUT2D eigenvalue weighted by atomic mass is 16.5. The average molecular weight is 391 g/mol. The van der Waals surface area contributed by atoms with Gasteiger partial charge in [-0.15, -0.1) is 10.2 Å². The van der Waals surface area contributed by atoms with Gasteiger partial charge in [0.1, 0.15) is 12.3 Å². The van der Waals surface area contributed by atoms with Crippen LogP contribution in [-0.4, -0.2) is 47.7 Å². The Morgan fingerprint density at radius 2 is 2.03 bits per heavy atom. The fraction of sp³-hybridized carbons (Fsp3) is 0.476. The van der Waals surface area contributed by atoms with E-state index < -0.39 is 0 Å². The number of fused-ring (bicyclic) bond motifs is 1. The number of aromatic nitrogens is 6. The Hall–Kier alpha value is -2.87. The minimum atomic E-state index is 0.328. The van der Waals surface area contributed by atoms with Crippen molar-refractivity contribution in [2.45, 2.75) is 58.7 Å². The lowest BCUT2D eigenvalue weighted by Gasteiger charge is -2.39. The van der Waals surface area contributed by atoms with Gasteiger partial charge in [-0.05, 0) is 50.8 Å². The van der Waals surface area contributed by atoms with Crippen molar-refractivity contribution >= 4 is 0 Å². The van der Waals surface area contributed by atoms with Gasteiger partial charge in [-0.25, -0.2) is 4.68 Å². The predicted octanol–water partition coefficient (Wildman–Crippen LogP) is 2.56. The van der Waals surface area contributed by atoms with E-state index in [1.165, 1.54) is 24.8 Å². The molecule has 2 aliphatic rings. The topological polar surface area (TPSA) is 81.8 Å². The Labute approximate surface area is 169 Å². The SMILES string of the molecule is Cc1ccc(-n2nnc(C)c2COc2cc3c(nn2)CN(C2CCC2)CC3)cn1. The van der Waals surface area contributed by atoms with Gasteiger partial charge in [0.05, 0.1) is 23.3 Å². The highest BCUT2D eigenvalue weighted by Crippen LogP contribution is 2.29. The molecule has 0 spiro atoms. The highest BCUT2D eigenvalue weighted by Gasteiger charge is 2.28. The van der Waals surface area contributed by atoms with Gasteiger partial charge in [-0.3, -0.25) is 9.88 Å². The first-order valence-corrected chi connectivity index (χ1v) is 10.2. The third-order valence-corrected chi connectivity index (χ3v) is 6.00. The van der Waals surface area contributed by atoms with E-state index >= 15 is 0 Å². The van der Waals surface area contributed by atoms with Crippen LogP contribution in [0.5, 0.6) is 5.88 Å². The molecule has 5 rings (SSSR count). The molecule has 29 heavy (non-hydrogen) atoms. The van der Waals surface area contributed by atoms with Crippen molar-refractivity contribution in [3.05, 3.63) is 52.7 Å². The van der Waals surface area contributed by atoms with Crippen molar-refractivity contribution in [2.75, 3.05) is 6.54 Å². The highest BCUT2D eigenvalue weighted by molar-refractivity contribution is 5.32. The van der Waals surface area contributed by atoms with E-state index in [2.05, 4.69) is 30.4 Å². The van der Waals surface area contributed by atoms with Crippen LogP contribution < -0.4 is 4.74 Å². The lowest BCUT2D eigenvalue weighted by Crippen LogP contribution is -2.43. The molecule has 8 nitrogen and oxygen atoms in total. The number of aryl methyl sites for hydroxylation is 2. The molecule has 4 heterocycles. The summed E-state index contributed by atoms with van der Waals surface area (Å²) in [5.74, 6) is 0.551. The Bertz CT molecular complexity index is 1010. The molecule has 0 N–H and O–H groups in total. The molecule has 3 aromatic rings.